The summed E-state index contributed by atoms with van der Waals surface area (Å²) in [6.45, 7) is 10.8. The van der Waals surface area contributed by atoms with Crippen LogP contribution in [0.2, 0.25) is 0 Å². The third-order valence-electron chi connectivity index (χ3n) is 8.84. The standard InChI is InChI=1S/C26H46F2N2O2/c1-19-9-11-29(15-23(19)27)18-26-22(6-4-14-32-26)8-7-21-10-12-30(16-24(21)28)17-25-20(2)5-3-13-31-25/h19-26H,3-18H2,1-2H3. The first-order valence-electron chi connectivity index (χ1n) is 13.5. The second-order valence-electron chi connectivity index (χ2n) is 11.3. The number of rotatable bonds is 7. The zero-order valence-electron chi connectivity index (χ0n) is 20.4. The first-order chi connectivity index (χ1) is 15.5. The van der Waals surface area contributed by atoms with Gasteiger partial charge in [-0.1, -0.05) is 13.8 Å². The number of nitrogens with zero attached hydrogens (tertiary/aromatic N) is 2. The lowest BCUT2D eigenvalue weighted by Crippen LogP contribution is -2.48. The fraction of sp³-hybridized carbons (Fsp3) is 1.00. The van der Waals surface area contributed by atoms with Crippen LogP contribution in [-0.4, -0.2) is 86.8 Å². The number of alkyl halides is 2. The fourth-order valence-electron chi connectivity index (χ4n) is 6.35. The van der Waals surface area contributed by atoms with Crippen molar-refractivity contribution in [1.29, 1.82) is 0 Å². The minimum atomic E-state index is -0.735. The summed E-state index contributed by atoms with van der Waals surface area (Å²) in [5, 5.41) is 0. The fourth-order valence-corrected chi connectivity index (χ4v) is 6.35. The zero-order valence-corrected chi connectivity index (χ0v) is 20.4. The van der Waals surface area contributed by atoms with Crippen molar-refractivity contribution >= 4 is 0 Å². The van der Waals surface area contributed by atoms with E-state index in [1.54, 1.807) is 0 Å². The molecule has 4 rings (SSSR count). The van der Waals surface area contributed by atoms with Crippen molar-refractivity contribution in [2.45, 2.75) is 89.8 Å². The van der Waals surface area contributed by atoms with E-state index in [1.165, 1.54) is 12.8 Å². The molecule has 4 nitrogen and oxygen atoms in total. The van der Waals surface area contributed by atoms with Crippen LogP contribution in [0.1, 0.15) is 65.2 Å². The Morgan fingerprint density at radius 3 is 2.03 bits per heavy atom. The topological polar surface area (TPSA) is 24.9 Å². The Morgan fingerprint density at radius 2 is 1.31 bits per heavy atom. The zero-order chi connectivity index (χ0) is 22.5. The van der Waals surface area contributed by atoms with E-state index in [4.69, 9.17) is 9.47 Å². The van der Waals surface area contributed by atoms with E-state index in [9.17, 15) is 4.39 Å². The highest BCUT2D eigenvalue weighted by atomic mass is 19.1. The van der Waals surface area contributed by atoms with Crippen molar-refractivity contribution < 1.29 is 18.3 Å². The van der Waals surface area contributed by atoms with Crippen LogP contribution in [0.15, 0.2) is 0 Å². The van der Waals surface area contributed by atoms with Gasteiger partial charge >= 0.3 is 0 Å². The summed E-state index contributed by atoms with van der Waals surface area (Å²) in [5.41, 5.74) is 0. The summed E-state index contributed by atoms with van der Waals surface area (Å²) in [6, 6.07) is 0. The Labute approximate surface area is 194 Å². The largest absolute Gasteiger partial charge is 0.377 e. The molecule has 0 aliphatic carbocycles. The molecule has 0 spiro atoms. The van der Waals surface area contributed by atoms with Gasteiger partial charge in [-0.25, -0.2) is 8.78 Å². The molecule has 4 saturated heterocycles. The van der Waals surface area contributed by atoms with Gasteiger partial charge in [0.15, 0.2) is 0 Å². The lowest BCUT2D eigenvalue weighted by Gasteiger charge is -2.41. The van der Waals surface area contributed by atoms with E-state index in [-0.39, 0.29) is 24.0 Å². The summed E-state index contributed by atoms with van der Waals surface area (Å²) in [7, 11) is 0. The minimum Gasteiger partial charge on any atom is -0.377 e. The molecule has 8 unspecified atom stereocenters. The molecule has 0 bridgehead atoms. The molecule has 0 amide bonds. The molecule has 186 valence electrons. The molecule has 0 aromatic rings. The van der Waals surface area contributed by atoms with E-state index in [0.717, 1.165) is 77.9 Å². The molecule has 4 fully saturated rings. The highest BCUT2D eigenvalue weighted by molar-refractivity contribution is 4.87. The first kappa shape index (κ1) is 24.8. The predicted molar refractivity (Wildman–Crippen MR) is 124 cm³/mol. The van der Waals surface area contributed by atoms with E-state index in [1.807, 2.05) is 6.92 Å². The molecule has 4 aliphatic heterocycles. The summed E-state index contributed by atoms with van der Waals surface area (Å²) in [6.07, 6.45) is 7.55. The lowest BCUT2D eigenvalue weighted by atomic mass is 9.82. The molecule has 0 radical (unpaired) electrons. The van der Waals surface area contributed by atoms with Crippen molar-refractivity contribution in [1.82, 2.24) is 9.80 Å². The number of ether oxygens (including phenoxy) is 2. The summed E-state index contributed by atoms with van der Waals surface area (Å²) in [4.78, 5) is 4.56. The third-order valence-corrected chi connectivity index (χ3v) is 8.84. The highest BCUT2D eigenvalue weighted by Gasteiger charge is 2.35. The molecule has 0 saturated carbocycles. The van der Waals surface area contributed by atoms with E-state index < -0.39 is 12.3 Å². The molecule has 4 aliphatic rings. The SMILES string of the molecule is CC1CCN(CC2OCCCC2CCC2CCN(CC3OCCCC3C)CC2F)CC1F. The Hall–Kier alpha value is -0.300. The first-order valence-corrected chi connectivity index (χ1v) is 13.5. The minimum absolute atomic E-state index is 0.171. The van der Waals surface area contributed by atoms with Gasteiger partial charge in [-0.2, -0.15) is 0 Å². The summed E-state index contributed by atoms with van der Waals surface area (Å²) >= 11 is 0. The van der Waals surface area contributed by atoms with Gasteiger partial charge in [-0.15, -0.1) is 0 Å². The van der Waals surface area contributed by atoms with Gasteiger partial charge in [0.25, 0.3) is 0 Å². The average Bonchev–Trinajstić information content (AvgIpc) is 2.78. The van der Waals surface area contributed by atoms with Gasteiger partial charge in [-0.05, 0) is 88.1 Å². The molecule has 6 heteroatoms. The van der Waals surface area contributed by atoms with Gasteiger partial charge in [-0.3, -0.25) is 9.80 Å². The number of piperidine rings is 2. The number of halogens is 2. The lowest BCUT2D eigenvalue weighted by molar-refractivity contribution is -0.0611. The van der Waals surface area contributed by atoms with Crippen molar-refractivity contribution in [3.8, 4) is 0 Å². The van der Waals surface area contributed by atoms with Crippen LogP contribution in [0, 0.1) is 23.7 Å². The number of hydrogen-bond acceptors (Lipinski definition) is 4. The van der Waals surface area contributed by atoms with Gasteiger partial charge < -0.3 is 9.47 Å². The van der Waals surface area contributed by atoms with Crippen LogP contribution in [0.25, 0.3) is 0 Å². The Bertz CT molecular complexity index is 568. The maximum Gasteiger partial charge on any atom is 0.116 e. The van der Waals surface area contributed by atoms with E-state index in [0.29, 0.717) is 24.9 Å². The van der Waals surface area contributed by atoms with Crippen LogP contribution in [0.3, 0.4) is 0 Å². The van der Waals surface area contributed by atoms with Gasteiger partial charge in [0.1, 0.15) is 12.3 Å². The molecule has 0 aromatic heterocycles. The average molecular weight is 457 g/mol. The maximum absolute atomic E-state index is 15.1. The summed E-state index contributed by atoms with van der Waals surface area (Å²) < 4.78 is 41.4. The second-order valence-corrected chi connectivity index (χ2v) is 11.3. The van der Waals surface area contributed by atoms with Crippen LogP contribution >= 0.6 is 0 Å². The molecule has 0 aromatic carbocycles. The molecular formula is C26H46F2N2O2. The van der Waals surface area contributed by atoms with Gasteiger partial charge in [0.05, 0.1) is 12.2 Å². The quantitative estimate of drug-likeness (QED) is 0.554. The smallest absolute Gasteiger partial charge is 0.116 e. The van der Waals surface area contributed by atoms with Gasteiger partial charge in [0.2, 0.25) is 0 Å². The molecule has 4 heterocycles. The van der Waals surface area contributed by atoms with Gasteiger partial charge in [0, 0.05) is 39.4 Å². The van der Waals surface area contributed by atoms with Crippen LogP contribution in [0.5, 0.6) is 0 Å². The summed E-state index contributed by atoms with van der Waals surface area (Å²) in [5.74, 6) is 1.42. The normalized spacial score (nSPS) is 42.8. The van der Waals surface area contributed by atoms with Crippen molar-refractivity contribution in [3.05, 3.63) is 0 Å². The van der Waals surface area contributed by atoms with Crippen molar-refractivity contribution in [3.63, 3.8) is 0 Å². The Kier molecular flexibility index (Phi) is 9.23. The molecular weight excluding hydrogens is 410 g/mol. The Morgan fingerprint density at radius 1 is 0.688 bits per heavy atom. The van der Waals surface area contributed by atoms with Crippen molar-refractivity contribution in [2.75, 3.05) is 52.5 Å². The number of likely N-dealkylation sites (tertiary alicyclic amines) is 2. The predicted octanol–water partition coefficient (Wildman–Crippen LogP) is 4.72. The van der Waals surface area contributed by atoms with Crippen molar-refractivity contribution in [2.24, 2.45) is 23.7 Å². The number of hydrogen-bond donors (Lipinski definition) is 0. The van der Waals surface area contributed by atoms with Crippen LogP contribution < -0.4 is 0 Å². The van der Waals surface area contributed by atoms with E-state index >= 15 is 4.39 Å². The van der Waals surface area contributed by atoms with E-state index in [2.05, 4.69) is 16.7 Å². The highest BCUT2D eigenvalue weighted by Crippen LogP contribution is 2.33. The molecule has 8 atom stereocenters. The maximum atomic E-state index is 15.1. The third kappa shape index (κ3) is 6.64. The molecule has 32 heavy (non-hydrogen) atoms. The monoisotopic (exact) mass is 456 g/mol. The Balaban J connectivity index is 1.21. The van der Waals surface area contributed by atoms with Crippen LogP contribution in [0.4, 0.5) is 8.78 Å². The second kappa shape index (κ2) is 11.9. The molecule has 0 N–H and O–H groups in total. The van der Waals surface area contributed by atoms with Crippen LogP contribution in [-0.2, 0) is 9.47 Å².